The van der Waals surface area contributed by atoms with Crippen molar-refractivity contribution in [2.75, 3.05) is 27.9 Å². The molecule has 0 fully saturated rings. The maximum atomic E-state index is 11.9. The van der Waals surface area contributed by atoms with E-state index in [1.165, 1.54) is 21.3 Å². The summed E-state index contributed by atoms with van der Waals surface area (Å²) in [6.45, 7) is 2.00. The van der Waals surface area contributed by atoms with E-state index in [1.807, 2.05) is 13.0 Å². The number of rotatable bonds is 12. The molecule has 4 unspecified atom stereocenters. The lowest BCUT2D eigenvalue weighted by atomic mass is 9.74. The molecule has 0 amide bonds. The number of aliphatic hydroxyl groups is 1. The lowest BCUT2D eigenvalue weighted by Crippen LogP contribution is -2.42. The summed E-state index contributed by atoms with van der Waals surface area (Å²) in [7, 11) is 4.45. The molecule has 1 aliphatic rings. The number of nitro groups is 1. The van der Waals surface area contributed by atoms with Gasteiger partial charge in [0.1, 0.15) is 18.8 Å². The van der Waals surface area contributed by atoms with E-state index in [2.05, 4.69) is 6.07 Å². The topological polar surface area (TPSA) is 133 Å². The minimum atomic E-state index is -1.30. The molecule has 0 aliphatic carbocycles. The van der Waals surface area contributed by atoms with Crippen molar-refractivity contribution in [1.82, 2.24) is 0 Å². The van der Waals surface area contributed by atoms with Crippen LogP contribution in [0.25, 0.3) is 0 Å². The lowest BCUT2D eigenvalue weighted by molar-refractivity contribution is -0.537. The predicted octanol–water partition coefficient (Wildman–Crippen LogP) is 3.90. The Labute approximate surface area is 210 Å². The van der Waals surface area contributed by atoms with Crippen molar-refractivity contribution < 1.29 is 33.7 Å². The van der Waals surface area contributed by atoms with Gasteiger partial charge in [-0.1, -0.05) is 19.1 Å². The van der Waals surface area contributed by atoms with Crippen molar-refractivity contribution in [3.05, 3.63) is 52.1 Å². The van der Waals surface area contributed by atoms with Crippen molar-refractivity contribution in [2.24, 2.45) is 0 Å². The molecule has 0 aromatic heterocycles. The highest BCUT2D eigenvalue weighted by Gasteiger charge is 2.40. The van der Waals surface area contributed by atoms with Gasteiger partial charge in [0.2, 0.25) is 11.8 Å². The Morgan fingerprint density at radius 3 is 2.44 bits per heavy atom. The first-order valence-corrected chi connectivity index (χ1v) is 11.7. The van der Waals surface area contributed by atoms with Gasteiger partial charge in [-0.2, -0.15) is 5.26 Å². The summed E-state index contributed by atoms with van der Waals surface area (Å²) in [5.74, 6) is 2.25. The summed E-state index contributed by atoms with van der Waals surface area (Å²) in [6, 6.07) is 11.6. The summed E-state index contributed by atoms with van der Waals surface area (Å²) in [5, 5.41) is 33.0. The number of nitrogens with zero attached hydrogens (tertiary/aromatic N) is 2. The van der Waals surface area contributed by atoms with Gasteiger partial charge < -0.3 is 28.8 Å². The first-order valence-electron chi connectivity index (χ1n) is 11.7. The molecule has 1 N–H and O–H groups in total. The highest BCUT2D eigenvalue weighted by Crippen LogP contribution is 2.47. The monoisotopic (exact) mass is 500 g/mol. The van der Waals surface area contributed by atoms with Gasteiger partial charge in [-0.3, -0.25) is 10.1 Å². The number of aliphatic hydroxyl groups excluding tert-OH is 1. The lowest BCUT2D eigenvalue weighted by Gasteiger charge is -2.31. The van der Waals surface area contributed by atoms with Gasteiger partial charge in [0.25, 0.3) is 0 Å². The quantitative estimate of drug-likeness (QED) is 0.340. The van der Waals surface area contributed by atoms with E-state index < -0.39 is 28.6 Å². The molecular weight excluding hydrogens is 468 g/mol. The fourth-order valence-corrected chi connectivity index (χ4v) is 4.59. The Bertz CT molecular complexity index is 1100. The molecule has 1 heterocycles. The van der Waals surface area contributed by atoms with Crippen LogP contribution in [0.15, 0.2) is 36.4 Å². The van der Waals surface area contributed by atoms with Gasteiger partial charge in [-0.15, -0.1) is 0 Å². The molecule has 0 saturated heterocycles. The first kappa shape index (κ1) is 26.9. The molecule has 2 aromatic rings. The van der Waals surface area contributed by atoms with Crippen molar-refractivity contribution >= 4 is 0 Å². The minimum Gasteiger partial charge on any atom is -0.493 e. The summed E-state index contributed by atoms with van der Waals surface area (Å²) < 4.78 is 27.9. The van der Waals surface area contributed by atoms with Gasteiger partial charge in [-0.25, -0.2) is 0 Å². The van der Waals surface area contributed by atoms with Crippen molar-refractivity contribution in [2.45, 2.75) is 56.3 Å². The SMILES string of the molecule is CCC(C#N)(CCC(O)C(CC1COc2ccccc2O1)[N+](=O)[O-])c1ccc(OC)c(OC)c1OC. The van der Waals surface area contributed by atoms with Crippen LogP contribution < -0.4 is 23.7 Å². The number of benzene rings is 2. The van der Waals surface area contributed by atoms with E-state index in [1.54, 1.807) is 30.3 Å². The maximum absolute atomic E-state index is 11.9. The highest BCUT2D eigenvalue weighted by molar-refractivity contribution is 5.59. The molecule has 4 atom stereocenters. The average Bonchev–Trinajstić information content (AvgIpc) is 2.91. The molecule has 0 radical (unpaired) electrons. The predicted molar refractivity (Wildman–Crippen MR) is 131 cm³/mol. The normalized spacial score (nSPS) is 17.7. The van der Waals surface area contributed by atoms with Gasteiger partial charge in [0.05, 0.1) is 39.2 Å². The Morgan fingerprint density at radius 1 is 1.17 bits per heavy atom. The number of nitriles is 1. The number of hydrogen-bond acceptors (Lipinski definition) is 9. The first-order chi connectivity index (χ1) is 17.3. The van der Waals surface area contributed by atoms with Crippen LogP contribution in [0.3, 0.4) is 0 Å². The van der Waals surface area contributed by atoms with Crippen LogP contribution in [0.2, 0.25) is 0 Å². The third kappa shape index (κ3) is 5.41. The molecule has 0 saturated carbocycles. The van der Waals surface area contributed by atoms with Gasteiger partial charge in [-0.05, 0) is 43.5 Å². The van der Waals surface area contributed by atoms with Crippen LogP contribution in [0, 0.1) is 21.4 Å². The molecule has 3 rings (SSSR count). The van der Waals surface area contributed by atoms with Gasteiger partial charge in [0, 0.05) is 10.5 Å². The fraction of sp³-hybridized carbons (Fsp3) is 0.500. The zero-order chi connectivity index (χ0) is 26.3. The highest BCUT2D eigenvalue weighted by atomic mass is 16.6. The van der Waals surface area contributed by atoms with Crippen LogP contribution in [-0.4, -0.2) is 56.2 Å². The molecule has 2 aromatic carbocycles. The smallest absolute Gasteiger partial charge is 0.242 e. The fourth-order valence-electron chi connectivity index (χ4n) is 4.59. The van der Waals surface area contributed by atoms with Gasteiger partial charge >= 0.3 is 0 Å². The number of para-hydroxylation sites is 2. The van der Waals surface area contributed by atoms with Gasteiger partial charge in [0.15, 0.2) is 23.0 Å². The van der Waals surface area contributed by atoms with Crippen molar-refractivity contribution in [1.29, 1.82) is 5.26 Å². The third-order valence-electron chi connectivity index (χ3n) is 6.69. The Hall–Kier alpha value is -3.71. The molecule has 10 heteroatoms. The zero-order valence-corrected chi connectivity index (χ0v) is 20.9. The molecule has 36 heavy (non-hydrogen) atoms. The average molecular weight is 501 g/mol. The number of fused-ring (bicyclic) bond motifs is 1. The molecular formula is C26H32N2O8. The summed E-state index contributed by atoms with van der Waals surface area (Å²) >= 11 is 0. The van der Waals surface area contributed by atoms with Crippen molar-refractivity contribution in [3.63, 3.8) is 0 Å². The summed E-state index contributed by atoms with van der Waals surface area (Å²) in [6.07, 6.45) is -1.33. The van der Waals surface area contributed by atoms with E-state index in [-0.39, 0.29) is 25.9 Å². The molecule has 0 bridgehead atoms. The molecule has 194 valence electrons. The maximum Gasteiger partial charge on any atom is 0.242 e. The Kier molecular flexibility index (Phi) is 8.83. The van der Waals surface area contributed by atoms with Crippen molar-refractivity contribution in [3.8, 4) is 34.8 Å². The Balaban J connectivity index is 1.79. The second-order valence-corrected chi connectivity index (χ2v) is 8.62. The molecule has 1 aliphatic heterocycles. The Morgan fingerprint density at radius 2 is 1.86 bits per heavy atom. The number of methoxy groups -OCH3 is 3. The standard InChI is InChI=1S/C26H32N2O8/c1-5-26(16-27,18-10-11-23(32-2)25(34-4)24(18)33-3)13-12-20(29)19(28(30)31)14-17-15-35-21-8-6-7-9-22(21)36-17/h6-11,17,19-20,29H,5,12-15H2,1-4H3. The second kappa shape index (κ2) is 11.8. The zero-order valence-electron chi connectivity index (χ0n) is 20.9. The van der Waals surface area contributed by atoms with Crippen LogP contribution in [-0.2, 0) is 5.41 Å². The minimum absolute atomic E-state index is 0.0225. The van der Waals surface area contributed by atoms with Crippen LogP contribution in [0.4, 0.5) is 0 Å². The second-order valence-electron chi connectivity index (χ2n) is 8.62. The largest absolute Gasteiger partial charge is 0.493 e. The molecule has 0 spiro atoms. The van der Waals surface area contributed by atoms with E-state index in [0.717, 1.165) is 0 Å². The third-order valence-corrected chi connectivity index (χ3v) is 6.69. The van der Waals surface area contributed by atoms with Crippen LogP contribution >= 0.6 is 0 Å². The van der Waals surface area contributed by atoms with Crippen LogP contribution in [0.5, 0.6) is 28.7 Å². The van der Waals surface area contributed by atoms with E-state index >= 15 is 0 Å². The van der Waals surface area contributed by atoms with E-state index in [9.17, 15) is 20.5 Å². The summed E-state index contributed by atoms with van der Waals surface area (Å²) in [4.78, 5) is 11.4. The number of hydrogen-bond donors (Lipinski definition) is 1. The van der Waals surface area contributed by atoms with E-state index in [4.69, 9.17) is 23.7 Å². The number of ether oxygens (including phenoxy) is 5. The van der Waals surface area contributed by atoms with E-state index in [0.29, 0.717) is 40.7 Å². The van der Waals surface area contributed by atoms with Crippen LogP contribution in [0.1, 0.15) is 38.2 Å². The summed E-state index contributed by atoms with van der Waals surface area (Å²) in [5.41, 5.74) is -0.505. The molecule has 10 nitrogen and oxygen atoms in total.